The van der Waals surface area contributed by atoms with E-state index in [0.29, 0.717) is 22.9 Å². The molecule has 1 aliphatic rings. The molecule has 3 aromatic rings. The molecule has 0 aliphatic heterocycles. The van der Waals surface area contributed by atoms with Crippen molar-refractivity contribution in [2.45, 2.75) is 51.1 Å². The molecule has 0 saturated heterocycles. The van der Waals surface area contributed by atoms with Crippen LogP contribution in [0, 0.1) is 6.92 Å². The number of amides is 3. The van der Waals surface area contributed by atoms with Gasteiger partial charge in [-0.2, -0.15) is 4.37 Å². The Hall–Kier alpha value is -4.06. The zero-order valence-corrected chi connectivity index (χ0v) is 22.3. The Bertz CT molecular complexity index is 1330. The van der Waals surface area contributed by atoms with E-state index in [9.17, 15) is 14.4 Å². The maximum atomic E-state index is 14.1. The van der Waals surface area contributed by atoms with E-state index in [4.69, 9.17) is 25.4 Å². The first-order valence-electron chi connectivity index (χ1n) is 12.2. The second kappa shape index (κ2) is 11.5. The van der Waals surface area contributed by atoms with Crippen LogP contribution in [-0.2, 0) is 4.79 Å². The summed E-state index contributed by atoms with van der Waals surface area (Å²) in [4.78, 5) is 41.1. The third kappa shape index (κ3) is 5.44. The number of nitrogens with two attached hydrogens (primary N) is 2. The predicted molar refractivity (Wildman–Crippen MR) is 143 cm³/mol. The highest BCUT2D eigenvalue weighted by molar-refractivity contribution is 7.09. The zero-order chi connectivity index (χ0) is 27.4. The minimum atomic E-state index is -1.20. The van der Waals surface area contributed by atoms with Gasteiger partial charge in [0.15, 0.2) is 23.2 Å². The summed E-state index contributed by atoms with van der Waals surface area (Å²) in [6.07, 6.45) is 4.85. The molecule has 0 bridgehead atoms. The molecule has 0 unspecified atom stereocenters. The summed E-state index contributed by atoms with van der Waals surface area (Å²) < 4.78 is 20.7. The van der Waals surface area contributed by atoms with Crippen LogP contribution in [0.25, 0.3) is 0 Å². The molecule has 202 valence electrons. The van der Waals surface area contributed by atoms with Crippen LogP contribution < -0.4 is 31.2 Å². The Morgan fingerprint density at radius 1 is 1.11 bits per heavy atom. The lowest BCUT2D eigenvalue weighted by Gasteiger charge is -2.32. The van der Waals surface area contributed by atoms with Crippen LogP contribution in [0.15, 0.2) is 34.7 Å². The smallest absolute Gasteiger partial charge is 0.273 e. The molecular formula is C26H31N5O6S. The first kappa shape index (κ1) is 27.0. The number of primary amides is 1. The molecule has 3 amide bonds. The Morgan fingerprint density at radius 2 is 1.82 bits per heavy atom. The van der Waals surface area contributed by atoms with Gasteiger partial charge in [-0.15, -0.1) is 0 Å². The summed E-state index contributed by atoms with van der Waals surface area (Å²) in [6.45, 7) is 1.75. The Morgan fingerprint density at radius 3 is 2.39 bits per heavy atom. The molecule has 1 atom stereocenters. The van der Waals surface area contributed by atoms with E-state index in [1.807, 2.05) is 0 Å². The molecule has 1 fully saturated rings. The van der Waals surface area contributed by atoms with Gasteiger partial charge >= 0.3 is 0 Å². The number of nitrogens with zero attached hydrogens (tertiary/aromatic N) is 2. The molecule has 5 N–H and O–H groups in total. The predicted octanol–water partition coefficient (Wildman–Crippen LogP) is 3.58. The van der Waals surface area contributed by atoms with E-state index < -0.39 is 23.8 Å². The molecule has 0 spiro atoms. The number of carbonyl (C=O) groups is 3. The van der Waals surface area contributed by atoms with E-state index in [2.05, 4.69) is 9.69 Å². The third-order valence-corrected chi connectivity index (χ3v) is 7.36. The van der Waals surface area contributed by atoms with Crippen molar-refractivity contribution in [3.05, 3.63) is 52.4 Å². The molecule has 1 aromatic carbocycles. The van der Waals surface area contributed by atoms with Crippen molar-refractivity contribution < 1.29 is 28.3 Å². The minimum Gasteiger partial charge on any atom is -0.493 e. The average Bonchev–Trinajstić information content (AvgIpc) is 3.52. The van der Waals surface area contributed by atoms with Crippen LogP contribution in [0.5, 0.6) is 11.5 Å². The van der Waals surface area contributed by atoms with Crippen molar-refractivity contribution in [2.24, 2.45) is 5.73 Å². The monoisotopic (exact) mass is 541 g/mol. The lowest BCUT2D eigenvalue weighted by atomic mass is 9.95. The average molecular weight is 542 g/mol. The lowest BCUT2D eigenvalue weighted by Crippen LogP contribution is -2.47. The molecular weight excluding hydrogens is 510 g/mol. The number of aryl methyl sites for hydroxylation is 1. The van der Waals surface area contributed by atoms with Gasteiger partial charge in [0.2, 0.25) is 0 Å². The SMILES string of the molecule is COc1ccc(N(C(=O)c2snc(C(N)=O)c2N)[C@@H](C(=O)NC2CCCCC2)c2ccc(C)o2)cc1OC. The van der Waals surface area contributed by atoms with E-state index in [1.54, 1.807) is 37.3 Å². The summed E-state index contributed by atoms with van der Waals surface area (Å²) in [5, 5.41) is 3.11. The van der Waals surface area contributed by atoms with E-state index in [0.717, 1.165) is 43.6 Å². The highest BCUT2D eigenvalue weighted by Gasteiger charge is 2.39. The van der Waals surface area contributed by atoms with Gasteiger partial charge in [0.1, 0.15) is 16.4 Å². The molecule has 11 nitrogen and oxygen atoms in total. The van der Waals surface area contributed by atoms with Crippen LogP contribution in [0.2, 0.25) is 0 Å². The molecule has 1 saturated carbocycles. The summed E-state index contributed by atoms with van der Waals surface area (Å²) in [5.74, 6) is -0.302. The van der Waals surface area contributed by atoms with Crippen molar-refractivity contribution in [1.29, 1.82) is 0 Å². The minimum absolute atomic E-state index is 0.0212. The van der Waals surface area contributed by atoms with Gasteiger partial charge in [-0.1, -0.05) is 19.3 Å². The van der Waals surface area contributed by atoms with Gasteiger partial charge in [-0.25, -0.2) is 0 Å². The molecule has 2 heterocycles. The van der Waals surface area contributed by atoms with E-state index >= 15 is 0 Å². The fourth-order valence-corrected chi connectivity index (χ4v) is 5.34. The van der Waals surface area contributed by atoms with Gasteiger partial charge in [-0.05, 0) is 55.6 Å². The van der Waals surface area contributed by atoms with Crippen LogP contribution >= 0.6 is 11.5 Å². The number of furan rings is 1. The number of methoxy groups -OCH3 is 2. The van der Waals surface area contributed by atoms with Gasteiger partial charge in [0.05, 0.1) is 19.9 Å². The van der Waals surface area contributed by atoms with Crippen molar-refractivity contribution in [1.82, 2.24) is 9.69 Å². The van der Waals surface area contributed by atoms with Crippen LogP contribution in [0.4, 0.5) is 11.4 Å². The summed E-state index contributed by atoms with van der Waals surface area (Å²) in [6, 6.07) is 7.00. The standard InChI is InChI=1S/C26H31N5O6S/c1-14-9-11-18(37-14)22(25(33)29-15-7-5-4-6-8-15)31(16-10-12-17(35-2)19(13-16)36-3)26(34)23-20(27)21(24(28)32)30-38-23/h9-13,15,22H,4-8,27H2,1-3H3,(H2,28,32)(H,29,33)/t22-/m1/s1. The number of carbonyl (C=O) groups excluding carboxylic acids is 3. The Labute approximate surface area is 224 Å². The summed E-state index contributed by atoms with van der Waals surface area (Å²) in [5.41, 5.74) is 11.5. The second-order valence-corrected chi connectivity index (χ2v) is 9.82. The van der Waals surface area contributed by atoms with Gasteiger partial charge in [0, 0.05) is 17.8 Å². The number of anilines is 2. The first-order chi connectivity index (χ1) is 18.2. The van der Waals surface area contributed by atoms with Crippen molar-refractivity contribution in [2.75, 3.05) is 24.9 Å². The topological polar surface area (TPSA) is 163 Å². The number of nitrogens with one attached hydrogen (secondary N) is 1. The highest BCUT2D eigenvalue weighted by atomic mass is 32.1. The Balaban J connectivity index is 1.86. The fraction of sp³-hybridized carbons (Fsp3) is 0.385. The number of nitrogen functional groups attached to an aromatic ring is 1. The molecule has 2 aromatic heterocycles. The summed E-state index contributed by atoms with van der Waals surface area (Å²) >= 11 is 0.733. The molecule has 38 heavy (non-hydrogen) atoms. The van der Waals surface area contributed by atoms with Crippen LogP contribution in [0.3, 0.4) is 0 Å². The van der Waals surface area contributed by atoms with Gasteiger partial charge in [-0.3, -0.25) is 19.3 Å². The molecule has 0 radical (unpaired) electrons. The van der Waals surface area contributed by atoms with Crippen LogP contribution in [-0.4, -0.2) is 42.4 Å². The van der Waals surface area contributed by atoms with Gasteiger partial charge in [0.25, 0.3) is 17.7 Å². The number of rotatable bonds is 9. The summed E-state index contributed by atoms with van der Waals surface area (Å²) in [7, 11) is 2.97. The zero-order valence-electron chi connectivity index (χ0n) is 21.5. The molecule has 4 rings (SSSR count). The molecule has 12 heteroatoms. The number of hydrogen-bond donors (Lipinski definition) is 3. The number of hydrogen-bond acceptors (Lipinski definition) is 9. The number of aromatic nitrogens is 1. The van der Waals surface area contributed by atoms with Crippen molar-refractivity contribution in [3.8, 4) is 11.5 Å². The quantitative estimate of drug-likeness (QED) is 0.370. The van der Waals surface area contributed by atoms with E-state index in [1.165, 1.54) is 19.1 Å². The normalized spacial score (nSPS) is 14.5. The van der Waals surface area contributed by atoms with Gasteiger partial charge < -0.3 is 30.7 Å². The fourth-order valence-electron chi connectivity index (χ4n) is 4.60. The Kier molecular flexibility index (Phi) is 8.20. The largest absolute Gasteiger partial charge is 0.493 e. The number of ether oxygens (including phenoxy) is 2. The van der Waals surface area contributed by atoms with Crippen molar-refractivity contribution >= 4 is 40.6 Å². The van der Waals surface area contributed by atoms with Crippen molar-refractivity contribution in [3.63, 3.8) is 0 Å². The third-order valence-electron chi connectivity index (χ3n) is 6.51. The first-order valence-corrected chi connectivity index (χ1v) is 13.0. The maximum Gasteiger partial charge on any atom is 0.273 e. The molecule has 1 aliphatic carbocycles. The second-order valence-electron chi connectivity index (χ2n) is 9.05. The lowest BCUT2D eigenvalue weighted by molar-refractivity contribution is -0.123. The number of benzene rings is 1. The maximum absolute atomic E-state index is 14.1. The van der Waals surface area contributed by atoms with Crippen LogP contribution in [0.1, 0.15) is 69.8 Å². The van der Waals surface area contributed by atoms with E-state index in [-0.39, 0.29) is 28.1 Å². The highest BCUT2D eigenvalue weighted by Crippen LogP contribution is 2.38.